The van der Waals surface area contributed by atoms with Gasteiger partial charge in [-0.25, -0.2) is 4.39 Å². The Bertz CT molecular complexity index is 949. The van der Waals surface area contributed by atoms with Gasteiger partial charge in [0.25, 0.3) is 0 Å². The molecular formula is C20H19FN4O. The largest absolute Gasteiger partial charge is 0.302 e. The third kappa shape index (κ3) is 3.04. The lowest BCUT2D eigenvalue weighted by Crippen LogP contribution is -2.35. The van der Waals surface area contributed by atoms with Crippen LogP contribution in [0.1, 0.15) is 11.4 Å². The summed E-state index contributed by atoms with van der Waals surface area (Å²) in [4.78, 5) is 17.3. The number of hydrogen-bond acceptors (Lipinski definition) is 4. The predicted molar refractivity (Wildman–Crippen MR) is 96.9 cm³/mol. The first kappa shape index (κ1) is 16.6. The molecule has 0 fully saturated rings. The average Bonchev–Trinajstić information content (AvgIpc) is 3.01. The topological polar surface area (TPSA) is 51.0 Å². The van der Waals surface area contributed by atoms with Crippen molar-refractivity contribution in [1.29, 1.82) is 0 Å². The fourth-order valence-corrected chi connectivity index (χ4v) is 3.44. The number of fused-ring (bicyclic) bond motifs is 1. The Morgan fingerprint density at radius 1 is 1.15 bits per heavy atom. The van der Waals surface area contributed by atoms with E-state index >= 15 is 0 Å². The summed E-state index contributed by atoms with van der Waals surface area (Å²) >= 11 is 0. The predicted octanol–water partition coefficient (Wildman–Crippen LogP) is 3.07. The van der Waals surface area contributed by atoms with Gasteiger partial charge in [0.05, 0.1) is 18.8 Å². The van der Waals surface area contributed by atoms with Gasteiger partial charge < -0.3 is 4.79 Å². The molecule has 0 spiro atoms. The normalized spacial score (nSPS) is 14.2. The molecule has 5 nitrogen and oxygen atoms in total. The third-order valence-corrected chi connectivity index (χ3v) is 4.69. The molecule has 0 saturated heterocycles. The Morgan fingerprint density at radius 2 is 1.96 bits per heavy atom. The molecule has 0 saturated carbocycles. The molecule has 0 aliphatic carbocycles. The fourth-order valence-electron chi connectivity index (χ4n) is 3.44. The zero-order valence-electron chi connectivity index (χ0n) is 14.5. The van der Waals surface area contributed by atoms with Crippen LogP contribution in [0.2, 0.25) is 0 Å². The Morgan fingerprint density at radius 3 is 2.69 bits per heavy atom. The van der Waals surface area contributed by atoms with Crippen LogP contribution in [0.3, 0.4) is 0 Å². The highest BCUT2D eigenvalue weighted by atomic mass is 19.1. The summed E-state index contributed by atoms with van der Waals surface area (Å²) in [6, 6.07) is 10.4. The van der Waals surface area contributed by atoms with Gasteiger partial charge in [-0.05, 0) is 48.9 Å². The summed E-state index contributed by atoms with van der Waals surface area (Å²) in [6.07, 6.45) is 2.72. The molecule has 0 radical (unpaired) electrons. The monoisotopic (exact) mass is 350 g/mol. The van der Waals surface area contributed by atoms with Crippen LogP contribution in [0.5, 0.6) is 0 Å². The number of nitrogens with zero attached hydrogens (tertiary/aromatic N) is 4. The van der Waals surface area contributed by atoms with Gasteiger partial charge in [-0.15, -0.1) is 0 Å². The standard InChI is InChI=1S/C20H19FN4O/c1-14-12-16(6-7-22-14)19-18-13-24(10-11-26)8-9-25(18)23-20(19)15-2-4-17(21)5-3-15/h2-7,11-12H,8-10,13H2,1H3. The highest BCUT2D eigenvalue weighted by molar-refractivity contribution is 5.83. The number of pyridine rings is 1. The van der Waals surface area contributed by atoms with Gasteiger partial charge in [-0.1, -0.05) is 0 Å². The Kier molecular flexibility index (Phi) is 4.34. The molecule has 132 valence electrons. The number of aryl methyl sites for hydroxylation is 1. The van der Waals surface area contributed by atoms with Crippen LogP contribution in [-0.2, 0) is 17.9 Å². The molecule has 1 aliphatic heterocycles. The van der Waals surface area contributed by atoms with Gasteiger partial charge in [0, 0.05) is 36.1 Å². The zero-order chi connectivity index (χ0) is 18.1. The van der Waals surface area contributed by atoms with Crippen LogP contribution in [0, 0.1) is 12.7 Å². The second kappa shape index (κ2) is 6.80. The summed E-state index contributed by atoms with van der Waals surface area (Å²) in [5, 5.41) is 4.81. The van der Waals surface area contributed by atoms with E-state index in [9.17, 15) is 9.18 Å². The number of aromatic nitrogens is 3. The Labute approximate surface area is 151 Å². The van der Waals surface area contributed by atoms with Crippen molar-refractivity contribution in [1.82, 2.24) is 19.7 Å². The molecule has 26 heavy (non-hydrogen) atoms. The number of carbonyl (C=O) groups is 1. The highest BCUT2D eigenvalue weighted by Gasteiger charge is 2.25. The molecule has 6 heteroatoms. The average molecular weight is 350 g/mol. The lowest BCUT2D eigenvalue weighted by atomic mass is 9.98. The second-order valence-electron chi connectivity index (χ2n) is 6.49. The quantitative estimate of drug-likeness (QED) is 0.679. The summed E-state index contributed by atoms with van der Waals surface area (Å²) in [5.41, 5.74) is 5.76. The number of rotatable bonds is 4. The van der Waals surface area contributed by atoms with Gasteiger partial charge in [-0.3, -0.25) is 14.6 Å². The van der Waals surface area contributed by atoms with E-state index in [0.717, 1.165) is 53.1 Å². The van der Waals surface area contributed by atoms with E-state index in [4.69, 9.17) is 5.10 Å². The number of aldehydes is 1. The molecule has 0 atom stereocenters. The van der Waals surface area contributed by atoms with Crippen LogP contribution in [0.15, 0.2) is 42.6 Å². The zero-order valence-corrected chi connectivity index (χ0v) is 14.5. The minimum Gasteiger partial charge on any atom is -0.302 e. The molecule has 3 aromatic rings. The van der Waals surface area contributed by atoms with Crippen molar-refractivity contribution in [2.24, 2.45) is 0 Å². The first-order valence-electron chi connectivity index (χ1n) is 8.60. The molecule has 0 unspecified atom stereocenters. The molecule has 4 rings (SSSR count). The van der Waals surface area contributed by atoms with Crippen molar-refractivity contribution in [3.05, 3.63) is 59.8 Å². The molecule has 2 aromatic heterocycles. The maximum atomic E-state index is 13.4. The molecule has 1 aliphatic rings. The maximum Gasteiger partial charge on any atom is 0.133 e. The van der Waals surface area contributed by atoms with E-state index in [-0.39, 0.29) is 5.82 Å². The summed E-state index contributed by atoms with van der Waals surface area (Å²) in [6.45, 7) is 4.53. The van der Waals surface area contributed by atoms with Crippen molar-refractivity contribution < 1.29 is 9.18 Å². The summed E-state index contributed by atoms with van der Waals surface area (Å²) in [7, 11) is 0. The molecule has 0 amide bonds. The maximum absolute atomic E-state index is 13.4. The Hall–Kier alpha value is -2.86. The number of hydrogen-bond donors (Lipinski definition) is 0. The van der Waals surface area contributed by atoms with E-state index in [2.05, 4.69) is 9.88 Å². The van der Waals surface area contributed by atoms with Crippen molar-refractivity contribution >= 4 is 6.29 Å². The number of benzene rings is 1. The summed E-state index contributed by atoms with van der Waals surface area (Å²) < 4.78 is 15.4. The smallest absolute Gasteiger partial charge is 0.133 e. The van der Waals surface area contributed by atoms with E-state index in [0.29, 0.717) is 13.1 Å². The van der Waals surface area contributed by atoms with Crippen molar-refractivity contribution in [3.63, 3.8) is 0 Å². The van der Waals surface area contributed by atoms with E-state index < -0.39 is 0 Å². The van der Waals surface area contributed by atoms with Crippen LogP contribution in [0.25, 0.3) is 22.4 Å². The highest BCUT2D eigenvalue weighted by Crippen LogP contribution is 2.36. The van der Waals surface area contributed by atoms with Crippen LogP contribution >= 0.6 is 0 Å². The fraction of sp³-hybridized carbons (Fsp3) is 0.250. The number of carbonyl (C=O) groups excluding carboxylic acids is 1. The molecule has 1 aromatic carbocycles. The van der Waals surface area contributed by atoms with Crippen molar-refractivity contribution in [2.45, 2.75) is 20.0 Å². The van der Waals surface area contributed by atoms with Crippen LogP contribution in [0.4, 0.5) is 4.39 Å². The van der Waals surface area contributed by atoms with E-state index in [1.165, 1.54) is 12.1 Å². The molecule has 3 heterocycles. The minimum atomic E-state index is -0.267. The van der Waals surface area contributed by atoms with Crippen LogP contribution < -0.4 is 0 Å². The molecule has 0 bridgehead atoms. The van der Waals surface area contributed by atoms with Gasteiger partial charge in [0.2, 0.25) is 0 Å². The lowest BCUT2D eigenvalue weighted by Gasteiger charge is -2.26. The van der Waals surface area contributed by atoms with Gasteiger partial charge in [0.1, 0.15) is 17.8 Å². The molecular weight excluding hydrogens is 331 g/mol. The van der Waals surface area contributed by atoms with Crippen LogP contribution in [-0.4, -0.2) is 39.0 Å². The van der Waals surface area contributed by atoms with Gasteiger partial charge in [0.15, 0.2) is 0 Å². The third-order valence-electron chi connectivity index (χ3n) is 4.69. The van der Waals surface area contributed by atoms with Crippen molar-refractivity contribution in [2.75, 3.05) is 13.1 Å². The van der Waals surface area contributed by atoms with E-state index in [1.54, 1.807) is 18.3 Å². The summed E-state index contributed by atoms with van der Waals surface area (Å²) in [5.74, 6) is -0.267. The second-order valence-corrected chi connectivity index (χ2v) is 6.49. The SMILES string of the molecule is Cc1cc(-c2c(-c3ccc(F)cc3)nn3c2CN(CC=O)CC3)ccn1. The first-order chi connectivity index (χ1) is 12.7. The van der Waals surface area contributed by atoms with Crippen molar-refractivity contribution in [3.8, 4) is 22.4 Å². The van der Waals surface area contributed by atoms with Gasteiger partial charge >= 0.3 is 0 Å². The lowest BCUT2D eigenvalue weighted by molar-refractivity contribution is -0.109. The molecule has 0 N–H and O–H groups in total. The number of halogens is 1. The Balaban J connectivity index is 1.89. The minimum absolute atomic E-state index is 0.267. The first-order valence-corrected chi connectivity index (χ1v) is 8.60. The van der Waals surface area contributed by atoms with E-state index in [1.807, 2.05) is 23.7 Å². The van der Waals surface area contributed by atoms with Gasteiger partial charge in [-0.2, -0.15) is 5.10 Å².